The maximum absolute atomic E-state index is 12.8. The highest BCUT2D eigenvalue weighted by Gasteiger charge is 2.29. The smallest absolute Gasteiger partial charge is 0.252 e. The van der Waals surface area contributed by atoms with Gasteiger partial charge >= 0.3 is 0 Å². The molecule has 0 radical (unpaired) electrons. The second-order valence-electron chi connectivity index (χ2n) is 8.24. The molecule has 1 aliphatic heterocycles. The summed E-state index contributed by atoms with van der Waals surface area (Å²) in [7, 11) is 2.12. The fourth-order valence-corrected chi connectivity index (χ4v) is 4.10. The van der Waals surface area contributed by atoms with E-state index in [2.05, 4.69) is 57.3 Å². The van der Waals surface area contributed by atoms with E-state index in [9.17, 15) is 4.79 Å². The Labute approximate surface area is 183 Å². The molecular weight excluding hydrogens is 390 g/mol. The molecule has 8 heteroatoms. The van der Waals surface area contributed by atoms with Gasteiger partial charge in [0, 0.05) is 44.6 Å². The van der Waals surface area contributed by atoms with Crippen LogP contribution in [-0.4, -0.2) is 68.0 Å². The summed E-state index contributed by atoms with van der Waals surface area (Å²) < 4.78 is 1.97. The van der Waals surface area contributed by atoms with Crippen LogP contribution in [0.2, 0.25) is 0 Å². The average Bonchev–Trinajstić information content (AvgIpc) is 3.22. The fraction of sp³-hybridized carbons (Fsp3) is 0.478. The lowest BCUT2D eigenvalue weighted by atomic mass is 10.1. The Bertz CT molecular complexity index is 1020. The van der Waals surface area contributed by atoms with E-state index in [1.165, 1.54) is 0 Å². The van der Waals surface area contributed by atoms with Gasteiger partial charge in [0.1, 0.15) is 0 Å². The first-order valence-corrected chi connectivity index (χ1v) is 11.1. The lowest BCUT2D eigenvalue weighted by Crippen LogP contribution is -2.46. The molecule has 0 aromatic carbocycles. The largest absolute Gasteiger partial charge is 0.349 e. The molecule has 4 heterocycles. The van der Waals surface area contributed by atoms with Crippen molar-refractivity contribution in [2.24, 2.45) is 0 Å². The van der Waals surface area contributed by atoms with Crippen LogP contribution in [0.5, 0.6) is 0 Å². The Balaban J connectivity index is 1.56. The van der Waals surface area contributed by atoms with Crippen LogP contribution in [0.1, 0.15) is 54.6 Å². The minimum absolute atomic E-state index is 0.0518. The molecule has 0 bridgehead atoms. The molecule has 1 aliphatic rings. The molecule has 0 aliphatic carbocycles. The second kappa shape index (κ2) is 9.53. The van der Waals surface area contributed by atoms with Gasteiger partial charge in [0.05, 0.1) is 17.3 Å². The third-order valence-electron chi connectivity index (χ3n) is 6.15. The van der Waals surface area contributed by atoms with Gasteiger partial charge < -0.3 is 5.32 Å². The summed E-state index contributed by atoms with van der Waals surface area (Å²) in [4.78, 5) is 21.9. The molecule has 31 heavy (non-hydrogen) atoms. The van der Waals surface area contributed by atoms with Crippen molar-refractivity contribution in [3.63, 3.8) is 0 Å². The lowest BCUT2D eigenvalue weighted by molar-refractivity contribution is 0.0844. The summed E-state index contributed by atoms with van der Waals surface area (Å²) in [6.07, 6.45) is 5.54. The fourth-order valence-electron chi connectivity index (χ4n) is 4.10. The molecular formula is C23H31N7O. The Kier molecular flexibility index (Phi) is 6.58. The van der Waals surface area contributed by atoms with Crippen LogP contribution in [0, 0.1) is 0 Å². The van der Waals surface area contributed by atoms with Crippen molar-refractivity contribution >= 4 is 11.6 Å². The van der Waals surface area contributed by atoms with Crippen LogP contribution < -0.4 is 5.32 Å². The number of aromatic nitrogens is 4. The van der Waals surface area contributed by atoms with Gasteiger partial charge in [-0.25, -0.2) is 0 Å². The zero-order valence-corrected chi connectivity index (χ0v) is 18.5. The minimum Gasteiger partial charge on any atom is -0.349 e. The van der Waals surface area contributed by atoms with E-state index >= 15 is 0 Å². The van der Waals surface area contributed by atoms with Gasteiger partial charge in [0.2, 0.25) is 0 Å². The number of hydrogen-bond acceptors (Lipinski definition) is 6. The molecule has 1 atom stereocenters. The first-order valence-electron chi connectivity index (χ1n) is 11.1. The SMILES string of the molecule is CCC(CC)NC(=O)c1ccc2nnc([C@@H]3CN(Cc4ccccn4)CCN3C)n2c1. The quantitative estimate of drug-likeness (QED) is 0.632. The highest BCUT2D eigenvalue weighted by Crippen LogP contribution is 2.24. The van der Waals surface area contributed by atoms with E-state index in [1.807, 2.05) is 41.1 Å². The molecule has 1 saturated heterocycles. The molecule has 1 N–H and O–H groups in total. The number of likely N-dealkylation sites (N-methyl/N-ethyl adjacent to an activating group) is 1. The van der Waals surface area contributed by atoms with Gasteiger partial charge in [0.15, 0.2) is 11.5 Å². The Morgan fingerprint density at radius 1 is 1.16 bits per heavy atom. The molecule has 1 amide bonds. The van der Waals surface area contributed by atoms with Crippen molar-refractivity contribution < 1.29 is 4.79 Å². The van der Waals surface area contributed by atoms with Crippen molar-refractivity contribution in [2.45, 2.75) is 45.3 Å². The average molecular weight is 422 g/mol. The zero-order chi connectivity index (χ0) is 21.8. The number of amides is 1. The molecule has 8 nitrogen and oxygen atoms in total. The molecule has 1 fully saturated rings. The number of carbonyl (C=O) groups excluding carboxylic acids is 1. The number of carbonyl (C=O) groups is 1. The van der Waals surface area contributed by atoms with E-state index in [1.54, 1.807) is 0 Å². The summed E-state index contributed by atoms with van der Waals surface area (Å²) in [5, 5.41) is 12.0. The summed E-state index contributed by atoms with van der Waals surface area (Å²) in [5.41, 5.74) is 2.45. The number of nitrogens with one attached hydrogen (secondary N) is 1. The number of piperazine rings is 1. The van der Waals surface area contributed by atoms with Crippen molar-refractivity contribution in [1.29, 1.82) is 0 Å². The maximum Gasteiger partial charge on any atom is 0.252 e. The van der Waals surface area contributed by atoms with Crippen molar-refractivity contribution in [3.05, 3.63) is 59.8 Å². The number of hydrogen-bond donors (Lipinski definition) is 1. The molecule has 164 valence electrons. The summed E-state index contributed by atoms with van der Waals surface area (Å²) in [5.74, 6) is 0.810. The number of rotatable bonds is 7. The summed E-state index contributed by atoms with van der Waals surface area (Å²) in [6, 6.07) is 9.99. The van der Waals surface area contributed by atoms with E-state index in [0.717, 1.165) is 56.2 Å². The monoisotopic (exact) mass is 421 g/mol. The Morgan fingerprint density at radius 3 is 2.74 bits per heavy atom. The molecule has 4 rings (SSSR count). The predicted molar refractivity (Wildman–Crippen MR) is 120 cm³/mol. The summed E-state index contributed by atoms with van der Waals surface area (Å²) >= 11 is 0. The normalized spacial score (nSPS) is 18.0. The van der Waals surface area contributed by atoms with Crippen molar-refractivity contribution in [3.8, 4) is 0 Å². The van der Waals surface area contributed by atoms with E-state index in [-0.39, 0.29) is 18.0 Å². The van der Waals surface area contributed by atoms with Gasteiger partial charge in [0.25, 0.3) is 5.91 Å². The number of nitrogens with zero attached hydrogens (tertiary/aromatic N) is 6. The third-order valence-corrected chi connectivity index (χ3v) is 6.15. The standard InChI is InChI=1S/C23H31N7O/c1-4-18(5-2)25-23(31)17-9-10-21-26-27-22(30(21)14-17)20-16-29(13-12-28(20)3)15-19-8-6-7-11-24-19/h6-11,14,18,20H,4-5,12-13,15-16H2,1-3H3,(H,25,31)/t20-/m0/s1. The minimum atomic E-state index is -0.0518. The Hall–Kier alpha value is -2.84. The van der Waals surface area contributed by atoms with Gasteiger partial charge in [-0.05, 0) is 44.2 Å². The van der Waals surface area contributed by atoms with Crippen molar-refractivity contribution in [2.75, 3.05) is 26.7 Å². The molecule has 3 aromatic heterocycles. The molecule has 0 spiro atoms. The Morgan fingerprint density at radius 2 is 2.00 bits per heavy atom. The molecule has 0 saturated carbocycles. The zero-order valence-electron chi connectivity index (χ0n) is 18.5. The van der Waals surface area contributed by atoms with E-state index < -0.39 is 0 Å². The molecule has 0 unspecified atom stereocenters. The highest BCUT2D eigenvalue weighted by atomic mass is 16.1. The van der Waals surface area contributed by atoms with Crippen LogP contribution in [0.3, 0.4) is 0 Å². The van der Waals surface area contributed by atoms with Crippen molar-refractivity contribution in [1.82, 2.24) is 34.7 Å². The van der Waals surface area contributed by atoms with Gasteiger partial charge in [-0.3, -0.25) is 24.0 Å². The van der Waals surface area contributed by atoms with Gasteiger partial charge in [-0.1, -0.05) is 19.9 Å². The first-order chi connectivity index (χ1) is 15.1. The van der Waals surface area contributed by atoms with Gasteiger partial charge in [-0.2, -0.15) is 0 Å². The predicted octanol–water partition coefficient (Wildman–Crippen LogP) is 2.53. The molecule has 3 aromatic rings. The van der Waals surface area contributed by atoms with Gasteiger partial charge in [-0.15, -0.1) is 10.2 Å². The van der Waals surface area contributed by atoms with Crippen LogP contribution in [0.25, 0.3) is 5.65 Å². The summed E-state index contributed by atoms with van der Waals surface area (Å²) in [6.45, 7) is 7.73. The van der Waals surface area contributed by atoms with Crippen LogP contribution in [0.4, 0.5) is 0 Å². The second-order valence-corrected chi connectivity index (χ2v) is 8.24. The van der Waals surface area contributed by atoms with E-state index in [0.29, 0.717) is 5.56 Å². The van der Waals surface area contributed by atoms with Crippen LogP contribution >= 0.6 is 0 Å². The lowest BCUT2D eigenvalue weighted by Gasteiger charge is -2.38. The maximum atomic E-state index is 12.8. The van der Waals surface area contributed by atoms with E-state index in [4.69, 9.17) is 0 Å². The third kappa shape index (κ3) is 4.75. The number of pyridine rings is 2. The topological polar surface area (TPSA) is 78.7 Å². The highest BCUT2D eigenvalue weighted by molar-refractivity contribution is 5.94. The number of fused-ring (bicyclic) bond motifs is 1. The first kappa shape index (κ1) is 21.4. The van der Waals surface area contributed by atoms with Crippen LogP contribution in [-0.2, 0) is 6.54 Å². The van der Waals surface area contributed by atoms with Crippen LogP contribution in [0.15, 0.2) is 42.7 Å².